The number of Topliss-reactive ketones (excluding diaryl/α,β-unsaturated/α-hetero) is 1. The third-order valence-corrected chi connectivity index (χ3v) is 3.98. The first-order valence-corrected chi connectivity index (χ1v) is 7.95. The summed E-state index contributed by atoms with van der Waals surface area (Å²) in [7, 11) is 0. The van der Waals surface area contributed by atoms with Crippen LogP contribution in [0.1, 0.15) is 40.5 Å². The van der Waals surface area contributed by atoms with Crippen LogP contribution in [0.25, 0.3) is 10.9 Å². The second kappa shape index (κ2) is 6.77. The maximum Gasteiger partial charge on any atom is 0.162 e. The van der Waals surface area contributed by atoms with E-state index in [1.54, 1.807) is 30.5 Å². The van der Waals surface area contributed by atoms with E-state index < -0.39 is 0 Å². The van der Waals surface area contributed by atoms with Crippen LogP contribution in [0.3, 0.4) is 0 Å². The molecule has 5 heteroatoms. The molecule has 0 radical (unpaired) electrons. The number of carbonyl (C=O) groups excluding carboxylic acids is 1. The molecule has 0 saturated carbocycles. The molecule has 2 aromatic heterocycles. The minimum absolute atomic E-state index is 0.0888. The highest BCUT2D eigenvalue weighted by atomic mass is 35.5. The molecule has 0 bridgehead atoms. The minimum atomic E-state index is 0.0888. The smallest absolute Gasteiger partial charge is 0.162 e. The van der Waals surface area contributed by atoms with E-state index in [4.69, 9.17) is 11.6 Å². The van der Waals surface area contributed by atoms with Crippen LogP contribution in [0.4, 0.5) is 0 Å². The lowest BCUT2D eigenvalue weighted by atomic mass is 10.0. The zero-order valence-electron chi connectivity index (χ0n) is 13.1. The molecule has 0 aliphatic rings. The number of carbonyl (C=O) groups is 1. The Morgan fingerprint density at radius 3 is 2.83 bits per heavy atom. The van der Waals surface area contributed by atoms with Crippen LogP contribution in [-0.4, -0.2) is 15.8 Å². The lowest BCUT2D eigenvalue weighted by Crippen LogP contribution is -2.00. The fourth-order valence-electron chi connectivity index (χ4n) is 2.63. The van der Waals surface area contributed by atoms with Gasteiger partial charge < -0.3 is 0 Å². The Hall–Kier alpha value is -2.77. The van der Waals surface area contributed by atoms with Crippen molar-refractivity contribution in [3.8, 4) is 6.07 Å². The fourth-order valence-corrected chi connectivity index (χ4v) is 2.80. The van der Waals surface area contributed by atoms with Gasteiger partial charge in [0, 0.05) is 41.9 Å². The molecule has 3 aromatic rings. The van der Waals surface area contributed by atoms with Crippen LogP contribution in [0, 0.1) is 11.3 Å². The molecule has 0 aliphatic carbocycles. The van der Waals surface area contributed by atoms with E-state index >= 15 is 0 Å². The number of benzene rings is 1. The third-order valence-electron chi connectivity index (χ3n) is 3.77. The topological polar surface area (TPSA) is 66.6 Å². The first-order valence-electron chi connectivity index (χ1n) is 7.57. The Morgan fingerprint density at radius 1 is 1.25 bits per heavy atom. The second-order valence-electron chi connectivity index (χ2n) is 5.47. The fraction of sp³-hybridized carbons (Fsp3) is 0.158. The van der Waals surface area contributed by atoms with Crippen LogP contribution >= 0.6 is 11.6 Å². The van der Waals surface area contributed by atoms with E-state index in [1.165, 1.54) is 6.20 Å². The molecular weight excluding hydrogens is 322 g/mol. The largest absolute Gasteiger partial charge is 0.294 e. The third kappa shape index (κ3) is 3.27. The molecule has 118 valence electrons. The SMILES string of the molecule is CCC(=O)c1ccnc(Cc2cc(C#N)c3ncc(Cl)cc3c2)c1. The lowest BCUT2D eigenvalue weighted by molar-refractivity contribution is 0.0988. The van der Waals surface area contributed by atoms with Gasteiger partial charge in [0.2, 0.25) is 0 Å². The van der Waals surface area contributed by atoms with Gasteiger partial charge in [-0.05, 0) is 35.9 Å². The van der Waals surface area contributed by atoms with E-state index in [1.807, 2.05) is 13.0 Å². The average molecular weight is 336 g/mol. The van der Waals surface area contributed by atoms with Gasteiger partial charge in [-0.3, -0.25) is 14.8 Å². The van der Waals surface area contributed by atoms with E-state index in [9.17, 15) is 10.1 Å². The van der Waals surface area contributed by atoms with Gasteiger partial charge in [0.25, 0.3) is 0 Å². The summed E-state index contributed by atoms with van der Waals surface area (Å²) in [4.78, 5) is 20.4. The summed E-state index contributed by atoms with van der Waals surface area (Å²) >= 11 is 6.00. The van der Waals surface area contributed by atoms with E-state index in [0.717, 1.165) is 16.6 Å². The van der Waals surface area contributed by atoms with Crippen LogP contribution in [0.2, 0.25) is 5.02 Å². The standard InChI is InChI=1S/C19H14ClN3O/c1-2-18(24)13-3-4-22-17(9-13)7-12-5-14-8-16(20)11-23-19(14)15(6-12)10-21/h3-6,8-9,11H,2,7H2,1H3. The van der Waals surface area contributed by atoms with Crippen molar-refractivity contribution in [3.63, 3.8) is 0 Å². The molecule has 0 saturated heterocycles. The molecule has 24 heavy (non-hydrogen) atoms. The van der Waals surface area contributed by atoms with Crippen molar-refractivity contribution in [1.82, 2.24) is 9.97 Å². The Balaban J connectivity index is 2.01. The highest BCUT2D eigenvalue weighted by molar-refractivity contribution is 6.31. The number of hydrogen-bond donors (Lipinski definition) is 0. The van der Waals surface area contributed by atoms with Crippen LogP contribution < -0.4 is 0 Å². The Labute approximate surface area is 144 Å². The van der Waals surface area contributed by atoms with Crippen molar-refractivity contribution in [2.24, 2.45) is 0 Å². The predicted octanol–water partition coefficient (Wildman–Crippen LogP) is 4.34. The summed E-state index contributed by atoms with van der Waals surface area (Å²) in [5, 5.41) is 10.7. The molecule has 0 atom stereocenters. The number of fused-ring (bicyclic) bond motifs is 1. The van der Waals surface area contributed by atoms with Crippen molar-refractivity contribution in [3.05, 3.63) is 70.1 Å². The van der Waals surface area contributed by atoms with Gasteiger partial charge in [0.15, 0.2) is 5.78 Å². The van der Waals surface area contributed by atoms with Gasteiger partial charge in [-0.1, -0.05) is 18.5 Å². The Kier molecular flexibility index (Phi) is 4.54. The molecule has 0 unspecified atom stereocenters. The van der Waals surface area contributed by atoms with Gasteiger partial charge in [0.05, 0.1) is 16.1 Å². The van der Waals surface area contributed by atoms with E-state index in [2.05, 4.69) is 16.0 Å². The summed E-state index contributed by atoms with van der Waals surface area (Å²) in [6.45, 7) is 1.84. The molecule has 4 nitrogen and oxygen atoms in total. The first kappa shape index (κ1) is 16.1. The number of rotatable bonds is 4. The summed E-state index contributed by atoms with van der Waals surface area (Å²) in [5.41, 5.74) is 3.51. The highest BCUT2D eigenvalue weighted by Gasteiger charge is 2.09. The number of nitriles is 1. The van der Waals surface area contributed by atoms with Crippen LogP contribution in [0.5, 0.6) is 0 Å². The van der Waals surface area contributed by atoms with Crippen LogP contribution in [0.15, 0.2) is 42.7 Å². The van der Waals surface area contributed by atoms with Crippen molar-refractivity contribution in [2.45, 2.75) is 19.8 Å². The lowest BCUT2D eigenvalue weighted by Gasteiger charge is -2.07. The predicted molar refractivity (Wildman–Crippen MR) is 93.1 cm³/mol. The average Bonchev–Trinajstić information content (AvgIpc) is 2.60. The summed E-state index contributed by atoms with van der Waals surface area (Å²) in [6.07, 6.45) is 4.17. The first-order chi connectivity index (χ1) is 11.6. The molecule has 0 spiro atoms. The van der Waals surface area contributed by atoms with Crippen molar-refractivity contribution >= 4 is 28.3 Å². The normalized spacial score (nSPS) is 10.5. The van der Waals surface area contributed by atoms with Crippen molar-refractivity contribution in [2.75, 3.05) is 0 Å². The van der Waals surface area contributed by atoms with Gasteiger partial charge in [0.1, 0.15) is 6.07 Å². The zero-order valence-corrected chi connectivity index (χ0v) is 13.8. The number of nitrogens with zero attached hydrogens (tertiary/aromatic N) is 3. The Bertz CT molecular complexity index is 976. The van der Waals surface area contributed by atoms with Gasteiger partial charge in [-0.2, -0.15) is 5.26 Å². The number of halogens is 1. The second-order valence-corrected chi connectivity index (χ2v) is 5.91. The van der Waals surface area contributed by atoms with Crippen molar-refractivity contribution in [1.29, 1.82) is 5.26 Å². The zero-order chi connectivity index (χ0) is 17.1. The molecule has 1 aromatic carbocycles. The van der Waals surface area contributed by atoms with E-state index in [-0.39, 0.29) is 5.78 Å². The minimum Gasteiger partial charge on any atom is -0.294 e. The summed E-state index contributed by atoms with van der Waals surface area (Å²) in [6, 6.07) is 11.2. The van der Waals surface area contributed by atoms with Gasteiger partial charge in [-0.25, -0.2) is 0 Å². The molecule has 0 amide bonds. The molecule has 0 N–H and O–H groups in total. The number of aromatic nitrogens is 2. The van der Waals surface area contributed by atoms with Gasteiger partial charge >= 0.3 is 0 Å². The maximum atomic E-state index is 11.8. The van der Waals surface area contributed by atoms with Crippen LogP contribution in [-0.2, 0) is 6.42 Å². The molecule has 2 heterocycles. The summed E-state index contributed by atoms with van der Waals surface area (Å²) in [5.74, 6) is 0.0888. The van der Waals surface area contributed by atoms with E-state index in [0.29, 0.717) is 34.5 Å². The maximum absolute atomic E-state index is 11.8. The summed E-state index contributed by atoms with van der Waals surface area (Å²) < 4.78 is 0. The molecule has 3 rings (SSSR count). The van der Waals surface area contributed by atoms with Gasteiger partial charge in [-0.15, -0.1) is 0 Å². The molecular formula is C19H14ClN3O. The Morgan fingerprint density at radius 2 is 2.08 bits per heavy atom. The number of hydrogen-bond acceptors (Lipinski definition) is 4. The monoisotopic (exact) mass is 335 g/mol. The quantitative estimate of drug-likeness (QED) is 0.665. The molecule has 0 fully saturated rings. The highest BCUT2D eigenvalue weighted by Crippen LogP contribution is 2.23. The van der Waals surface area contributed by atoms with Crippen molar-refractivity contribution < 1.29 is 4.79 Å². The number of pyridine rings is 2. The molecule has 0 aliphatic heterocycles. The number of ketones is 1.